The average molecular weight is 561 g/mol. The SMILES string of the molecule is CCOc1cc(CN2CCC(Nc3nc(Oc4ccc(Cl)cc4Cl)cc(C(=O)OC)n3)CC2)ccc1OC. The van der Waals surface area contributed by atoms with Gasteiger partial charge in [0.1, 0.15) is 5.75 Å². The van der Waals surface area contributed by atoms with E-state index in [1.807, 2.05) is 19.1 Å². The molecule has 0 atom stereocenters. The number of aromatic nitrogens is 2. The zero-order chi connectivity index (χ0) is 27.1. The monoisotopic (exact) mass is 560 g/mol. The topological polar surface area (TPSA) is 95.0 Å². The maximum absolute atomic E-state index is 12.2. The van der Waals surface area contributed by atoms with Crippen LogP contribution in [0, 0.1) is 0 Å². The molecule has 1 aliphatic rings. The molecule has 1 aliphatic heterocycles. The van der Waals surface area contributed by atoms with Gasteiger partial charge in [0.15, 0.2) is 17.2 Å². The number of anilines is 1. The fourth-order valence-electron chi connectivity index (χ4n) is 4.19. The molecule has 1 fully saturated rings. The Morgan fingerprint density at radius 2 is 1.79 bits per heavy atom. The molecule has 2 heterocycles. The number of carbonyl (C=O) groups is 1. The Morgan fingerprint density at radius 1 is 1.03 bits per heavy atom. The first-order valence-corrected chi connectivity index (χ1v) is 13.0. The molecule has 3 aromatic rings. The lowest BCUT2D eigenvalue weighted by atomic mass is 10.0. The molecule has 202 valence electrons. The number of ether oxygens (including phenoxy) is 4. The number of halogens is 2. The van der Waals surface area contributed by atoms with E-state index in [1.54, 1.807) is 25.3 Å². The molecule has 11 heteroatoms. The fraction of sp³-hybridized carbons (Fsp3) is 0.370. The van der Waals surface area contributed by atoms with Crippen molar-refractivity contribution in [1.82, 2.24) is 14.9 Å². The minimum Gasteiger partial charge on any atom is -0.493 e. The van der Waals surface area contributed by atoms with Crippen LogP contribution in [0.4, 0.5) is 5.95 Å². The average Bonchev–Trinajstić information content (AvgIpc) is 2.91. The second-order valence-corrected chi connectivity index (χ2v) is 9.54. The predicted octanol–water partition coefficient (Wildman–Crippen LogP) is 5.85. The quantitative estimate of drug-likeness (QED) is 0.306. The number of methoxy groups -OCH3 is 2. The molecule has 0 spiro atoms. The van der Waals surface area contributed by atoms with Gasteiger partial charge >= 0.3 is 5.97 Å². The van der Waals surface area contributed by atoms with Crippen LogP contribution in [0.2, 0.25) is 10.0 Å². The minimum absolute atomic E-state index is 0.0760. The van der Waals surface area contributed by atoms with Crippen LogP contribution in [0.15, 0.2) is 42.5 Å². The molecule has 0 aliphatic carbocycles. The van der Waals surface area contributed by atoms with Crippen LogP contribution >= 0.6 is 23.2 Å². The van der Waals surface area contributed by atoms with Crippen molar-refractivity contribution in [2.24, 2.45) is 0 Å². The van der Waals surface area contributed by atoms with Gasteiger partial charge in [0.2, 0.25) is 11.8 Å². The van der Waals surface area contributed by atoms with Crippen LogP contribution < -0.4 is 19.5 Å². The summed E-state index contributed by atoms with van der Waals surface area (Å²) in [6.45, 7) is 5.11. The summed E-state index contributed by atoms with van der Waals surface area (Å²) < 4.78 is 21.8. The lowest BCUT2D eigenvalue weighted by Crippen LogP contribution is -2.39. The van der Waals surface area contributed by atoms with Crippen molar-refractivity contribution in [1.29, 1.82) is 0 Å². The van der Waals surface area contributed by atoms with Gasteiger partial charge in [0.25, 0.3) is 0 Å². The Bertz CT molecular complexity index is 1270. The van der Waals surface area contributed by atoms with Crippen LogP contribution in [-0.2, 0) is 11.3 Å². The highest BCUT2D eigenvalue weighted by Crippen LogP contribution is 2.32. The number of nitrogens with zero attached hydrogens (tertiary/aromatic N) is 3. The zero-order valence-corrected chi connectivity index (χ0v) is 23.0. The van der Waals surface area contributed by atoms with Crippen molar-refractivity contribution in [3.63, 3.8) is 0 Å². The smallest absolute Gasteiger partial charge is 0.357 e. The van der Waals surface area contributed by atoms with E-state index < -0.39 is 5.97 Å². The molecule has 9 nitrogen and oxygen atoms in total. The van der Waals surface area contributed by atoms with Crippen LogP contribution in [0.3, 0.4) is 0 Å². The summed E-state index contributed by atoms with van der Waals surface area (Å²) in [6.07, 6.45) is 1.75. The van der Waals surface area contributed by atoms with E-state index in [2.05, 4.69) is 26.3 Å². The summed E-state index contributed by atoms with van der Waals surface area (Å²) in [5.74, 6) is 1.69. The standard InChI is InChI=1S/C27H30Cl2N4O5/c1-4-37-24-13-17(5-7-23(24)35-2)16-33-11-9-19(10-12-33)30-27-31-21(26(34)36-3)15-25(32-27)38-22-8-6-18(28)14-20(22)29/h5-8,13-15,19H,4,9-12,16H2,1-3H3,(H,30,31,32). The second-order valence-electron chi connectivity index (χ2n) is 8.70. The van der Waals surface area contributed by atoms with E-state index in [9.17, 15) is 4.79 Å². The van der Waals surface area contributed by atoms with Gasteiger partial charge < -0.3 is 24.3 Å². The van der Waals surface area contributed by atoms with Crippen molar-refractivity contribution in [3.8, 4) is 23.1 Å². The Hall–Kier alpha value is -3.27. The normalized spacial score (nSPS) is 14.1. The molecule has 4 rings (SSSR count). The Morgan fingerprint density at radius 3 is 2.47 bits per heavy atom. The second kappa shape index (κ2) is 13.0. The number of hydrogen-bond donors (Lipinski definition) is 1. The lowest BCUT2D eigenvalue weighted by Gasteiger charge is -2.32. The molecule has 1 N–H and O–H groups in total. The van der Waals surface area contributed by atoms with E-state index >= 15 is 0 Å². The summed E-state index contributed by atoms with van der Waals surface area (Å²) in [5.41, 5.74) is 1.24. The molecule has 0 saturated carbocycles. The van der Waals surface area contributed by atoms with Crippen molar-refractivity contribution in [3.05, 3.63) is 63.8 Å². The summed E-state index contributed by atoms with van der Waals surface area (Å²) in [7, 11) is 2.94. The molecule has 38 heavy (non-hydrogen) atoms. The third-order valence-electron chi connectivity index (χ3n) is 6.06. The summed E-state index contributed by atoms with van der Waals surface area (Å²) in [4.78, 5) is 23.4. The number of hydrogen-bond acceptors (Lipinski definition) is 9. The van der Waals surface area contributed by atoms with Crippen LogP contribution in [0.25, 0.3) is 0 Å². The maximum atomic E-state index is 12.2. The highest BCUT2D eigenvalue weighted by atomic mass is 35.5. The molecule has 1 aromatic heterocycles. The van der Waals surface area contributed by atoms with Gasteiger partial charge in [-0.15, -0.1) is 0 Å². The van der Waals surface area contributed by atoms with Crippen LogP contribution in [-0.4, -0.2) is 60.8 Å². The third kappa shape index (κ3) is 7.18. The van der Waals surface area contributed by atoms with Gasteiger partial charge in [-0.2, -0.15) is 4.98 Å². The lowest BCUT2D eigenvalue weighted by molar-refractivity contribution is 0.0593. The van der Waals surface area contributed by atoms with E-state index in [0.29, 0.717) is 22.4 Å². The first kappa shape index (κ1) is 27.8. The molecule has 0 radical (unpaired) electrons. The van der Waals surface area contributed by atoms with Gasteiger partial charge in [-0.1, -0.05) is 29.3 Å². The first-order valence-electron chi connectivity index (χ1n) is 12.3. The molecule has 0 bridgehead atoms. The van der Waals surface area contributed by atoms with E-state index in [-0.39, 0.29) is 23.6 Å². The van der Waals surface area contributed by atoms with Crippen molar-refractivity contribution >= 4 is 35.1 Å². The number of benzene rings is 2. The van der Waals surface area contributed by atoms with Crippen LogP contribution in [0.5, 0.6) is 23.1 Å². The number of esters is 1. The number of piperidine rings is 1. The largest absolute Gasteiger partial charge is 0.493 e. The maximum Gasteiger partial charge on any atom is 0.357 e. The van der Waals surface area contributed by atoms with Crippen molar-refractivity contribution in [2.45, 2.75) is 32.4 Å². The van der Waals surface area contributed by atoms with Gasteiger partial charge in [0, 0.05) is 36.8 Å². The number of nitrogens with one attached hydrogen (secondary N) is 1. The molecular formula is C27H30Cl2N4O5. The van der Waals surface area contributed by atoms with Crippen molar-refractivity contribution in [2.75, 3.05) is 39.2 Å². The Labute approximate surface area is 232 Å². The van der Waals surface area contributed by atoms with Gasteiger partial charge in [-0.3, -0.25) is 4.90 Å². The summed E-state index contributed by atoms with van der Waals surface area (Å²) in [5, 5.41) is 4.15. The molecule has 2 aromatic carbocycles. The number of carbonyl (C=O) groups excluding carboxylic acids is 1. The van der Waals surface area contributed by atoms with E-state index in [0.717, 1.165) is 49.5 Å². The van der Waals surface area contributed by atoms with Gasteiger partial charge in [0.05, 0.1) is 25.8 Å². The van der Waals surface area contributed by atoms with Crippen LogP contribution in [0.1, 0.15) is 35.8 Å². The number of likely N-dealkylation sites (tertiary alicyclic amines) is 1. The zero-order valence-electron chi connectivity index (χ0n) is 21.5. The highest BCUT2D eigenvalue weighted by molar-refractivity contribution is 6.35. The number of rotatable bonds is 10. The third-order valence-corrected chi connectivity index (χ3v) is 6.59. The summed E-state index contributed by atoms with van der Waals surface area (Å²) >= 11 is 12.2. The predicted molar refractivity (Wildman–Crippen MR) is 146 cm³/mol. The summed E-state index contributed by atoms with van der Waals surface area (Å²) in [6, 6.07) is 12.4. The Balaban J connectivity index is 1.41. The Kier molecular flexibility index (Phi) is 9.49. The van der Waals surface area contributed by atoms with Gasteiger partial charge in [-0.25, -0.2) is 9.78 Å². The highest BCUT2D eigenvalue weighted by Gasteiger charge is 2.22. The van der Waals surface area contributed by atoms with E-state index in [1.165, 1.54) is 13.2 Å². The minimum atomic E-state index is -0.594. The van der Waals surface area contributed by atoms with E-state index in [4.69, 9.17) is 42.1 Å². The molecule has 0 amide bonds. The molecule has 0 unspecified atom stereocenters. The molecule has 1 saturated heterocycles. The van der Waals surface area contributed by atoms with Crippen molar-refractivity contribution < 1.29 is 23.7 Å². The fourth-order valence-corrected chi connectivity index (χ4v) is 4.63. The first-order chi connectivity index (χ1) is 18.4. The molecular weight excluding hydrogens is 531 g/mol. The van der Waals surface area contributed by atoms with Gasteiger partial charge in [-0.05, 0) is 55.7 Å².